The largest absolute Gasteiger partial charge is 0.337 e. The van der Waals surface area contributed by atoms with E-state index in [4.69, 9.17) is 11.6 Å². The standard InChI is InChI=1S/C23H18ClF2N7O/c1-3-21(34)29-16-4-5-19(26)20(9-16)31-22-18(13-6-14(24)8-15(25)7-13)11-27-23(32-22)30-17-10-28-33(2)12-17/h3-12H,1H2,2H3,(H,29,34)(H2,27,30,31,32). The molecule has 0 radical (unpaired) electrons. The lowest BCUT2D eigenvalue weighted by molar-refractivity contribution is -0.111. The molecule has 0 fully saturated rings. The molecule has 0 aliphatic heterocycles. The van der Waals surface area contributed by atoms with Gasteiger partial charge >= 0.3 is 0 Å². The summed E-state index contributed by atoms with van der Waals surface area (Å²) in [6, 6.07) is 7.97. The van der Waals surface area contributed by atoms with E-state index in [0.29, 0.717) is 22.5 Å². The first-order valence-electron chi connectivity index (χ1n) is 9.90. The summed E-state index contributed by atoms with van der Waals surface area (Å²) in [5, 5.41) is 12.7. The van der Waals surface area contributed by atoms with Gasteiger partial charge in [0.25, 0.3) is 0 Å². The Bertz CT molecular complexity index is 1370. The maximum atomic E-state index is 14.6. The zero-order valence-electron chi connectivity index (χ0n) is 17.8. The average Bonchev–Trinajstić information content (AvgIpc) is 3.20. The highest BCUT2D eigenvalue weighted by molar-refractivity contribution is 6.30. The van der Waals surface area contributed by atoms with E-state index in [1.54, 1.807) is 30.2 Å². The molecule has 3 N–H and O–H groups in total. The molecule has 4 rings (SSSR count). The second-order valence-electron chi connectivity index (χ2n) is 7.15. The van der Waals surface area contributed by atoms with Crippen LogP contribution in [0.1, 0.15) is 0 Å². The number of nitrogens with one attached hydrogen (secondary N) is 3. The summed E-state index contributed by atoms with van der Waals surface area (Å²) in [6.45, 7) is 3.40. The third-order valence-electron chi connectivity index (χ3n) is 4.60. The lowest BCUT2D eigenvalue weighted by atomic mass is 10.1. The van der Waals surface area contributed by atoms with E-state index in [1.165, 1.54) is 36.5 Å². The van der Waals surface area contributed by atoms with Crippen molar-refractivity contribution in [2.24, 2.45) is 7.05 Å². The van der Waals surface area contributed by atoms with Gasteiger partial charge in [0.2, 0.25) is 11.9 Å². The molecule has 0 atom stereocenters. The first kappa shape index (κ1) is 22.9. The van der Waals surface area contributed by atoms with E-state index in [-0.39, 0.29) is 22.5 Å². The minimum atomic E-state index is -0.597. The van der Waals surface area contributed by atoms with Crippen LogP contribution in [0.5, 0.6) is 0 Å². The monoisotopic (exact) mass is 481 g/mol. The number of aromatic nitrogens is 4. The molecule has 0 aliphatic carbocycles. The molecular weight excluding hydrogens is 464 g/mol. The van der Waals surface area contributed by atoms with Crippen molar-refractivity contribution < 1.29 is 13.6 Å². The maximum absolute atomic E-state index is 14.6. The van der Waals surface area contributed by atoms with Crippen LogP contribution in [-0.2, 0) is 11.8 Å². The number of halogens is 3. The van der Waals surface area contributed by atoms with Crippen LogP contribution in [0, 0.1) is 11.6 Å². The number of nitrogens with zero attached hydrogens (tertiary/aromatic N) is 4. The van der Waals surface area contributed by atoms with Gasteiger partial charge in [-0.1, -0.05) is 18.2 Å². The summed E-state index contributed by atoms with van der Waals surface area (Å²) in [5.74, 6) is -1.23. The van der Waals surface area contributed by atoms with Crippen LogP contribution >= 0.6 is 11.6 Å². The second-order valence-corrected chi connectivity index (χ2v) is 7.59. The highest BCUT2D eigenvalue weighted by Gasteiger charge is 2.15. The number of rotatable bonds is 7. The minimum absolute atomic E-state index is 0.0247. The van der Waals surface area contributed by atoms with Crippen molar-refractivity contribution in [2.45, 2.75) is 0 Å². The SMILES string of the molecule is C=CC(=O)Nc1ccc(F)c(Nc2nc(Nc3cnn(C)c3)ncc2-c2cc(F)cc(Cl)c2)c1. The quantitative estimate of drug-likeness (QED) is 0.305. The number of benzene rings is 2. The van der Waals surface area contributed by atoms with E-state index in [1.807, 2.05) is 0 Å². The summed E-state index contributed by atoms with van der Waals surface area (Å²) < 4.78 is 30.3. The van der Waals surface area contributed by atoms with Crippen LogP contribution in [0.3, 0.4) is 0 Å². The average molecular weight is 482 g/mol. The molecule has 0 saturated heterocycles. The zero-order valence-corrected chi connectivity index (χ0v) is 18.6. The molecule has 0 spiro atoms. The van der Waals surface area contributed by atoms with Gasteiger partial charge < -0.3 is 16.0 Å². The van der Waals surface area contributed by atoms with Crippen molar-refractivity contribution in [1.29, 1.82) is 0 Å². The smallest absolute Gasteiger partial charge is 0.247 e. The predicted molar refractivity (Wildman–Crippen MR) is 127 cm³/mol. The van der Waals surface area contributed by atoms with Crippen LogP contribution in [-0.4, -0.2) is 25.7 Å². The van der Waals surface area contributed by atoms with Crippen LogP contribution in [0.2, 0.25) is 5.02 Å². The Kier molecular flexibility index (Phi) is 6.51. The van der Waals surface area contributed by atoms with E-state index in [9.17, 15) is 13.6 Å². The van der Waals surface area contributed by atoms with E-state index in [0.717, 1.165) is 6.08 Å². The van der Waals surface area contributed by atoms with Crippen molar-refractivity contribution in [1.82, 2.24) is 19.7 Å². The Balaban J connectivity index is 1.76. The Morgan fingerprint density at radius 2 is 1.94 bits per heavy atom. The number of hydrogen-bond acceptors (Lipinski definition) is 6. The number of carbonyl (C=O) groups is 1. The van der Waals surface area contributed by atoms with Crippen molar-refractivity contribution in [2.75, 3.05) is 16.0 Å². The van der Waals surface area contributed by atoms with Crippen molar-refractivity contribution in [3.63, 3.8) is 0 Å². The van der Waals surface area contributed by atoms with Crippen LogP contribution in [0.4, 0.5) is 37.6 Å². The fourth-order valence-corrected chi connectivity index (χ4v) is 3.31. The Hall–Kier alpha value is -4.31. The second kappa shape index (κ2) is 9.67. The molecule has 4 aromatic rings. The summed E-state index contributed by atoms with van der Waals surface area (Å²) >= 11 is 6.03. The van der Waals surface area contributed by atoms with Gasteiger partial charge in [-0.2, -0.15) is 10.1 Å². The van der Waals surface area contributed by atoms with Gasteiger partial charge in [0.1, 0.15) is 17.5 Å². The van der Waals surface area contributed by atoms with Gasteiger partial charge in [0.15, 0.2) is 0 Å². The topological polar surface area (TPSA) is 96.8 Å². The van der Waals surface area contributed by atoms with Gasteiger partial charge in [0.05, 0.1) is 17.6 Å². The molecule has 0 aliphatic rings. The van der Waals surface area contributed by atoms with E-state index < -0.39 is 17.5 Å². The Morgan fingerprint density at radius 3 is 2.65 bits per heavy atom. The van der Waals surface area contributed by atoms with Gasteiger partial charge in [-0.05, 0) is 48.0 Å². The van der Waals surface area contributed by atoms with Crippen molar-refractivity contribution in [3.8, 4) is 11.1 Å². The van der Waals surface area contributed by atoms with Crippen molar-refractivity contribution in [3.05, 3.63) is 84.3 Å². The Labute approximate surface area is 198 Å². The molecule has 2 aromatic carbocycles. The summed E-state index contributed by atoms with van der Waals surface area (Å²) in [6.07, 6.45) is 5.87. The fourth-order valence-electron chi connectivity index (χ4n) is 3.09. The minimum Gasteiger partial charge on any atom is -0.337 e. The summed E-state index contributed by atoms with van der Waals surface area (Å²) in [4.78, 5) is 20.4. The number of hydrogen-bond donors (Lipinski definition) is 3. The van der Waals surface area contributed by atoms with Crippen LogP contribution < -0.4 is 16.0 Å². The Morgan fingerprint density at radius 1 is 1.12 bits per heavy atom. The normalized spacial score (nSPS) is 10.6. The molecule has 34 heavy (non-hydrogen) atoms. The number of amides is 1. The van der Waals surface area contributed by atoms with Crippen LogP contribution in [0.25, 0.3) is 11.1 Å². The molecule has 1 amide bonds. The zero-order chi connectivity index (χ0) is 24.2. The lowest BCUT2D eigenvalue weighted by Gasteiger charge is -2.15. The highest BCUT2D eigenvalue weighted by atomic mass is 35.5. The van der Waals surface area contributed by atoms with Gasteiger partial charge in [-0.3, -0.25) is 9.48 Å². The first-order chi connectivity index (χ1) is 16.3. The van der Waals surface area contributed by atoms with Gasteiger partial charge in [-0.15, -0.1) is 0 Å². The number of anilines is 5. The molecule has 0 unspecified atom stereocenters. The van der Waals surface area contributed by atoms with E-state index >= 15 is 0 Å². The molecule has 11 heteroatoms. The van der Waals surface area contributed by atoms with Crippen LogP contribution in [0.15, 0.2) is 67.6 Å². The lowest BCUT2D eigenvalue weighted by Crippen LogP contribution is -2.08. The van der Waals surface area contributed by atoms with Gasteiger partial charge in [-0.25, -0.2) is 13.8 Å². The molecular formula is C23H18ClF2N7O. The predicted octanol–water partition coefficient (Wildman–Crippen LogP) is 5.42. The maximum Gasteiger partial charge on any atom is 0.247 e. The highest BCUT2D eigenvalue weighted by Crippen LogP contribution is 2.33. The third-order valence-corrected chi connectivity index (χ3v) is 4.81. The van der Waals surface area contributed by atoms with E-state index in [2.05, 4.69) is 37.6 Å². The third kappa shape index (κ3) is 5.36. The molecule has 172 valence electrons. The molecule has 2 heterocycles. The molecule has 8 nitrogen and oxygen atoms in total. The summed E-state index contributed by atoms with van der Waals surface area (Å²) in [7, 11) is 1.76. The first-order valence-corrected chi connectivity index (χ1v) is 10.3. The van der Waals surface area contributed by atoms with Crippen molar-refractivity contribution >= 4 is 46.3 Å². The molecule has 2 aromatic heterocycles. The number of carbonyl (C=O) groups excluding carboxylic acids is 1. The number of aryl methyl sites for hydroxylation is 1. The molecule has 0 saturated carbocycles. The summed E-state index contributed by atoms with van der Waals surface area (Å²) in [5.41, 5.74) is 1.76. The fraction of sp³-hybridized carbons (Fsp3) is 0.0435. The van der Waals surface area contributed by atoms with Gasteiger partial charge in [0, 0.05) is 35.7 Å². The molecule has 0 bridgehead atoms.